The Morgan fingerprint density at radius 2 is 1.91 bits per heavy atom. The molecule has 1 aromatic heterocycles. The van der Waals surface area contributed by atoms with E-state index >= 15 is 0 Å². The number of oxazole rings is 1. The number of nitrogens with one attached hydrogen (secondary N) is 1. The third kappa shape index (κ3) is 4.23. The third-order valence-electron chi connectivity index (χ3n) is 6.15. The molecule has 1 amide bonds. The van der Waals surface area contributed by atoms with Crippen molar-refractivity contribution in [3.63, 3.8) is 0 Å². The lowest BCUT2D eigenvalue weighted by Gasteiger charge is -2.39. The predicted molar refractivity (Wildman–Crippen MR) is 121 cm³/mol. The summed E-state index contributed by atoms with van der Waals surface area (Å²) in [4.78, 5) is 21.1. The van der Waals surface area contributed by atoms with Crippen LogP contribution in [-0.4, -0.2) is 42.0 Å². The lowest BCUT2D eigenvalue weighted by molar-refractivity contribution is -0.117. The summed E-state index contributed by atoms with van der Waals surface area (Å²) in [5.41, 5.74) is 3.33. The topological polar surface area (TPSA) is 85.4 Å². The van der Waals surface area contributed by atoms with E-state index in [2.05, 4.69) is 38.3 Å². The van der Waals surface area contributed by atoms with Gasteiger partial charge in [-0.1, -0.05) is 30.3 Å². The summed E-state index contributed by atoms with van der Waals surface area (Å²) in [6, 6.07) is 18.2. The lowest BCUT2D eigenvalue weighted by atomic mass is 10.0. The molecule has 2 fully saturated rings. The van der Waals surface area contributed by atoms with Crippen molar-refractivity contribution in [2.75, 3.05) is 36.4 Å². The average Bonchev–Trinajstić information content (AvgIpc) is 3.56. The molecule has 5 rings (SSSR count). The molecule has 2 heterocycles. The van der Waals surface area contributed by atoms with Crippen LogP contribution >= 0.6 is 0 Å². The van der Waals surface area contributed by atoms with Gasteiger partial charge < -0.3 is 14.6 Å². The molecule has 32 heavy (non-hydrogen) atoms. The molecule has 1 unspecified atom stereocenters. The van der Waals surface area contributed by atoms with Crippen molar-refractivity contribution in [2.24, 2.45) is 5.92 Å². The molecule has 2 aliphatic rings. The van der Waals surface area contributed by atoms with Crippen molar-refractivity contribution in [1.29, 1.82) is 5.26 Å². The zero-order valence-electron chi connectivity index (χ0n) is 17.8. The number of carbonyl (C=O) groups excluding carboxylic acids is 1. The number of nitriles is 1. The Morgan fingerprint density at radius 3 is 2.56 bits per heavy atom. The number of carbonyl (C=O) groups is 1. The normalized spacial score (nSPS) is 17.5. The second-order valence-corrected chi connectivity index (χ2v) is 8.31. The van der Waals surface area contributed by atoms with E-state index in [1.54, 1.807) is 18.5 Å². The van der Waals surface area contributed by atoms with Crippen molar-refractivity contribution >= 4 is 17.3 Å². The number of amides is 1. The third-order valence-corrected chi connectivity index (χ3v) is 6.15. The summed E-state index contributed by atoms with van der Waals surface area (Å²) in [6.07, 6.45) is 5.21. The van der Waals surface area contributed by atoms with Crippen LogP contribution in [0, 0.1) is 17.2 Å². The molecule has 7 nitrogen and oxygen atoms in total. The molecule has 1 aliphatic heterocycles. The van der Waals surface area contributed by atoms with Crippen molar-refractivity contribution in [3.8, 4) is 6.07 Å². The van der Waals surface area contributed by atoms with E-state index in [0.717, 1.165) is 50.3 Å². The number of anilines is 2. The van der Waals surface area contributed by atoms with Crippen molar-refractivity contribution in [1.82, 2.24) is 9.88 Å². The predicted octanol–water partition coefficient (Wildman–Crippen LogP) is 3.81. The fourth-order valence-electron chi connectivity index (χ4n) is 4.30. The van der Waals surface area contributed by atoms with Crippen LogP contribution in [0.1, 0.15) is 35.9 Å². The lowest BCUT2D eigenvalue weighted by Crippen LogP contribution is -2.48. The van der Waals surface area contributed by atoms with Gasteiger partial charge in [0.1, 0.15) is 18.4 Å². The molecule has 162 valence electrons. The summed E-state index contributed by atoms with van der Waals surface area (Å²) in [5.74, 6) is 0.876. The molecule has 1 N–H and O–H groups in total. The first-order valence-corrected chi connectivity index (χ1v) is 11.0. The minimum absolute atomic E-state index is 0.0381. The number of rotatable bonds is 6. The van der Waals surface area contributed by atoms with E-state index in [-0.39, 0.29) is 17.9 Å². The number of benzene rings is 2. The second kappa shape index (κ2) is 8.85. The van der Waals surface area contributed by atoms with Crippen LogP contribution in [-0.2, 0) is 4.79 Å². The summed E-state index contributed by atoms with van der Waals surface area (Å²) < 4.78 is 5.67. The maximum atomic E-state index is 12.1. The molecule has 1 aliphatic carbocycles. The first-order chi connectivity index (χ1) is 15.7. The monoisotopic (exact) mass is 427 g/mol. The van der Waals surface area contributed by atoms with Gasteiger partial charge in [0, 0.05) is 37.8 Å². The summed E-state index contributed by atoms with van der Waals surface area (Å²) in [6.45, 7) is 3.19. The minimum atomic E-state index is -0.0381. The van der Waals surface area contributed by atoms with Gasteiger partial charge >= 0.3 is 0 Å². The molecular weight excluding hydrogens is 402 g/mol. The van der Waals surface area contributed by atoms with Crippen LogP contribution in [0.2, 0.25) is 0 Å². The van der Waals surface area contributed by atoms with E-state index in [9.17, 15) is 10.1 Å². The standard InChI is InChI=1S/C25H25N5O2/c26-17-20-16-21(28-24(31)19-6-7-19)8-9-22(20)29-11-13-30(14-12-29)23(25-27-10-15-32-25)18-4-2-1-3-5-18/h1-5,8-10,15-16,19,23H,6-7,11-14H2,(H,28,31). The van der Waals surface area contributed by atoms with Crippen LogP contribution in [0.25, 0.3) is 0 Å². The van der Waals surface area contributed by atoms with Gasteiger partial charge in [0.25, 0.3) is 0 Å². The second-order valence-electron chi connectivity index (χ2n) is 8.31. The van der Waals surface area contributed by atoms with Crippen LogP contribution in [0.5, 0.6) is 0 Å². The van der Waals surface area contributed by atoms with Gasteiger partial charge in [0.2, 0.25) is 11.8 Å². The SMILES string of the molecule is N#Cc1cc(NC(=O)C2CC2)ccc1N1CCN(C(c2ccccc2)c2ncco2)CC1. The Bertz CT molecular complexity index is 1110. The zero-order chi connectivity index (χ0) is 21.9. The van der Waals surface area contributed by atoms with Gasteiger partial charge in [-0.3, -0.25) is 9.69 Å². The van der Waals surface area contributed by atoms with E-state index in [4.69, 9.17) is 4.42 Å². The molecule has 1 saturated carbocycles. The van der Waals surface area contributed by atoms with Crippen molar-refractivity contribution in [2.45, 2.75) is 18.9 Å². The maximum Gasteiger partial charge on any atom is 0.227 e. The number of hydrogen-bond donors (Lipinski definition) is 1. The Hall–Kier alpha value is -3.63. The van der Waals surface area contributed by atoms with E-state index < -0.39 is 0 Å². The Balaban J connectivity index is 1.30. The number of hydrogen-bond acceptors (Lipinski definition) is 6. The Kier molecular flexibility index (Phi) is 5.61. The van der Waals surface area contributed by atoms with Gasteiger partial charge in [-0.2, -0.15) is 5.26 Å². The zero-order valence-corrected chi connectivity index (χ0v) is 17.8. The molecule has 2 aromatic carbocycles. The molecule has 1 saturated heterocycles. The highest BCUT2D eigenvalue weighted by Gasteiger charge is 2.31. The van der Waals surface area contributed by atoms with Gasteiger partial charge in [0.15, 0.2) is 0 Å². The average molecular weight is 428 g/mol. The van der Waals surface area contributed by atoms with Crippen LogP contribution in [0.4, 0.5) is 11.4 Å². The van der Waals surface area contributed by atoms with E-state index in [0.29, 0.717) is 17.1 Å². The van der Waals surface area contributed by atoms with E-state index in [1.807, 2.05) is 30.3 Å². The smallest absolute Gasteiger partial charge is 0.227 e. The molecule has 0 bridgehead atoms. The Morgan fingerprint density at radius 1 is 1.12 bits per heavy atom. The van der Waals surface area contributed by atoms with Gasteiger partial charge in [-0.25, -0.2) is 4.98 Å². The summed E-state index contributed by atoms with van der Waals surface area (Å²) in [7, 11) is 0. The van der Waals surface area contributed by atoms with Crippen LogP contribution in [0.15, 0.2) is 65.4 Å². The molecule has 7 heteroatoms. The van der Waals surface area contributed by atoms with Gasteiger partial charge in [0.05, 0.1) is 17.4 Å². The summed E-state index contributed by atoms with van der Waals surface area (Å²) >= 11 is 0. The van der Waals surface area contributed by atoms with Gasteiger partial charge in [-0.15, -0.1) is 0 Å². The molecule has 0 spiro atoms. The number of nitrogens with zero attached hydrogens (tertiary/aromatic N) is 4. The quantitative estimate of drug-likeness (QED) is 0.644. The van der Waals surface area contributed by atoms with Crippen LogP contribution < -0.4 is 10.2 Å². The molecule has 1 atom stereocenters. The van der Waals surface area contributed by atoms with Crippen molar-refractivity contribution in [3.05, 3.63) is 78.0 Å². The number of piperazine rings is 1. The number of aromatic nitrogens is 1. The van der Waals surface area contributed by atoms with Crippen molar-refractivity contribution < 1.29 is 9.21 Å². The highest BCUT2D eigenvalue weighted by atomic mass is 16.3. The first kappa shape index (κ1) is 20.3. The first-order valence-electron chi connectivity index (χ1n) is 11.0. The fraction of sp³-hybridized carbons (Fsp3) is 0.320. The maximum absolute atomic E-state index is 12.1. The summed E-state index contributed by atoms with van der Waals surface area (Å²) in [5, 5.41) is 12.7. The molecular formula is C25H25N5O2. The van der Waals surface area contributed by atoms with E-state index in [1.165, 1.54) is 0 Å². The highest BCUT2D eigenvalue weighted by Crippen LogP contribution is 2.32. The van der Waals surface area contributed by atoms with Gasteiger partial charge in [-0.05, 0) is 36.6 Å². The molecule has 3 aromatic rings. The van der Waals surface area contributed by atoms with Crippen LogP contribution in [0.3, 0.4) is 0 Å². The minimum Gasteiger partial charge on any atom is -0.447 e. The fourth-order valence-corrected chi connectivity index (χ4v) is 4.30. The Labute approximate surface area is 187 Å². The molecule has 0 radical (unpaired) electrons. The highest BCUT2D eigenvalue weighted by molar-refractivity contribution is 5.94. The largest absolute Gasteiger partial charge is 0.447 e.